The summed E-state index contributed by atoms with van der Waals surface area (Å²) in [6, 6.07) is 52.8. The fourth-order valence-corrected chi connectivity index (χ4v) is 8.71. The van der Waals surface area contributed by atoms with Gasteiger partial charge in [-0.05, 0) is 65.9 Å². The Labute approximate surface area is 300 Å². The number of fused-ring (bicyclic) bond motifs is 8. The van der Waals surface area contributed by atoms with E-state index in [0.29, 0.717) is 18.6 Å². The Morgan fingerprint density at radius 2 is 0.923 bits per heavy atom. The number of carbonyl (C=O) groups excluding carboxylic acids is 1. The molecule has 6 aromatic carbocycles. The molecule has 52 heavy (non-hydrogen) atoms. The third-order valence-corrected chi connectivity index (χ3v) is 10.8. The average Bonchev–Trinajstić information content (AvgIpc) is 3.59. The molecule has 2 aliphatic rings. The molecule has 2 aliphatic carbocycles. The molecule has 0 spiro atoms. The summed E-state index contributed by atoms with van der Waals surface area (Å²) in [5, 5.41) is 0. The Balaban J connectivity index is 1.27. The van der Waals surface area contributed by atoms with Crippen molar-refractivity contribution in [2.45, 2.75) is 30.1 Å². The highest BCUT2D eigenvalue weighted by Gasteiger charge is 2.56. The Morgan fingerprint density at radius 1 is 0.481 bits per heavy atom. The van der Waals surface area contributed by atoms with Crippen LogP contribution in [-0.2, 0) is 22.0 Å². The first kappa shape index (κ1) is 30.3. The van der Waals surface area contributed by atoms with Crippen LogP contribution in [0.15, 0.2) is 158 Å². The highest BCUT2D eigenvalue weighted by atomic mass is 16.5. The van der Waals surface area contributed by atoms with E-state index in [1.165, 1.54) is 5.56 Å². The van der Waals surface area contributed by atoms with E-state index in [4.69, 9.17) is 24.7 Å². The van der Waals surface area contributed by atoms with Gasteiger partial charge in [-0.25, -0.2) is 19.9 Å². The summed E-state index contributed by atoms with van der Waals surface area (Å²) < 4.78 is 6.12. The maximum Gasteiger partial charge on any atom is 0.312 e. The summed E-state index contributed by atoms with van der Waals surface area (Å²) in [5.74, 6) is 0.168. The van der Waals surface area contributed by atoms with Gasteiger partial charge < -0.3 is 4.74 Å². The van der Waals surface area contributed by atoms with Crippen molar-refractivity contribution in [1.82, 2.24) is 19.9 Å². The molecule has 0 N–H and O–H groups in total. The van der Waals surface area contributed by atoms with Crippen molar-refractivity contribution in [2.24, 2.45) is 0 Å². The van der Waals surface area contributed by atoms with Gasteiger partial charge in [-0.3, -0.25) is 4.79 Å². The smallest absolute Gasteiger partial charge is 0.312 e. The molecule has 0 saturated heterocycles. The minimum atomic E-state index is -0.939. The summed E-state index contributed by atoms with van der Waals surface area (Å²) in [7, 11) is 0. The minimum Gasteiger partial charge on any atom is -0.426 e. The molecule has 2 atom stereocenters. The zero-order chi connectivity index (χ0) is 34.7. The van der Waals surface area contributed by atoms with Crippen molar-refractivity contribution >= 4 is 28.0 Å². The second kappa shape index (κ2) is 11.8. The highest BCUT2D eigenvalue weighted by Crippen LogP contribution is 2.60. The lowest BCUT2D eigenvalue weighted by molar-refractivity contribution is -0.135. The maximum atomic E-state index is 14.5. The van der Waals surface area contributed by atoms with Crippen molar-refractivity contribution in [3.05, 3.63) is 186 Å². The number of nitrogens with zero attached hydrogens (tertiary/aromatic N) is 4. The molecule has 2 heterocycles. The summed E-state index contributed by atoms with van der Waals surface area (Å²) in [6.07, 6.45) is 1.17. The topological polar surface area (TPSA) is 77.9 Å². The number of hydrogen-bond donors (Lipinski definition) is 0. The van der Waals surface area contributed by atoms with Gasteiger partial charge in [0.2, 0.25) is 0 Å². The van der Waals surface area contributed by atoms with E-state index in [9.17, 15) is 4.79 Å². The van der Waals surface area contributed by atoms with Crippen LogP contribution in [0.1, 0.15) is 40.9 Å². The quantitative estimate of drug-likeness (QED) is 0.124. The highest BCUT2D eigenvalue weighted by molar-refractivity contribution is 5.89. The van der Waals surface area contributed by atoms with E-state index in [-0.39, 0.29) is 12.4 Å². The van der Waals surface area contributed by atoms with E-state index in [1.54, 1.807) is 0 Å². The molecule has 248 valence electrons. The zero-order valence-corrected chi connectivity index (χ0v) is 28.2. The molecule has 6 nitrogen and oxygen atoms in total. The first-order chi connectivity index (χ1) is 25.6. The van der Waals surface area contributed by atoms with Crippen LogP contribution < -0.4 is 4.74 Å². The minimum absolute atomic E-state index is 0.0496. The van der Waals surface area contributed by atoms with Crippen LogP contribution in [0.2, 0.25) is 0 Å². The lowest BCUT2D eigenvalue weighted by Gasteiger charge is -2.41. The lowest BCUT2D eigenvalue weighted by Crippen LogP contribution is -2.42. The monoisotopic (exact) mass is 672 g/mol. The number of carbonyl (C=O) groups is 1. The summed E-state index contributed by atoms with van der Waals surface area (Å²) in [6.45, 7) is 0. The third-order valence-electron chi connectivity index (χ3n) is 10.8. The van der Waals surface area contributed by atoms with Gasteiger partial charge in [-0.1, -0.05) is 121 Å². The number of aromatic nitrogens is 4. The molecule has 10 rings (SSSR count). The predicted molar refractivity (Wildman–Crippen MR) is 203 cm³/mol. The second-order valence-corrected chi connectivity index (χ2v) is 13.9. The number of ether oxygens (including phenoxy) is 1. The second-order valence-electron chi connectivity index (χ2n) is 13.9. The van der Waals surface area contributed by atoms with E-state index in [0.717, 1.165) is 67.1 Å². The number of rotatable bonds is 7. The average molecular weight is 673 g/mol. The summed E-state index contributed by atoms with van der Waals surface area (Å²) in [4.78, 5) is 35.9. The molecule has 8 aromatic rings. The van der Waals surface area contributed by atoms with Crippen LogP contribution in [0.25, 0.3) is 44.6 Å². The van der Waals surface area contributed by atoms with E-state index in [2.05, 4.69) is 66.7 Å². The Kier molecular flexibility index (Phi) is 6.86. The normalized spacial score (nSPS) is 18.1. The van der Waals surface area contributed by atoms with Gasteiger partial charge in [-0.2, -0.15) is 0 Å². The predicted octanol–water partition coefficient (Wildman–Crippen LogP) is 9.43. The standard InChI is InChI=1S/C46H32N4O2/c51-40(52-31-17-5-2-6-18-31)28-46(35-22-10-8-20-33(35)42-44(46)50-39-26-14-12-24-37(39)48-42)29-45(27-30-15-3-1-4-16-30)34-21-9-7-19-32(34)41-43(45)49-38-25-13-11-23-36(38)47-41/h1-26H,27-29H2. The van der Waals surface area contributed by atoms with Gasteiger partial charge in [0.15, 0.2) is 0 Å². The Morgan fingerprint density at radius 3 is 1.50 bits per heavy atom. The van der Waals surface area contributed by atoms with E-state index >= 15 is 0 Å². The van der Waals surface area contributed by atoms with Gasteiger partial charge in [0.05, 0.1) is 56.7 Å². The Bertz CT molecular complexity index is 2680. The van der Waals surface area contributed by atoms with Crippen LogP contribution in [0.4, 0.5) is 0 Å². The van der Waals surface area contributed by atoms with Gasteiger partial charge in [-0.15, -0.1) is 0 Å². The molecule has 2 unspecified atom stereocenters. The van der Waals surface area contributed by atoms with Crippen LogP contribution in [0.3, 0.4) is 0 Å². The Hall–Kier alpha value is -6.53. The van der Waals surface area contributed by atoms with E-state index < -0.39 is 10.8 Å². The number of benzene rings is 6. The van der Waals surface area contributed by atoms with Gasteiger partial charge in [0, 0.05) is 16.5 Å². The molecule has 0 amide bonds. The van der Waals surface area contributed by atoms with Gasteiger partial charge >= 0.3 is 5.97 Å². The first-order valence-electron chi connectivity index (χ1n) is 17.7. The van der Waals surface area contributed by atoms with Crippen LogP contribution in [0.5, 0.6) is 5.75 Å². The fourth-order valence-electron chi connectivity index (χ4n) is 8.71. The van der Waals surface area contributed by atoms with Crippen LogP contribution in [0, 0.1) is 0 Å². The third kappa shape index (κ3) is 4.68. The van der Waals surface area contributed by atoms with Crippen LogP contribution >= 0.6 is 0 Å². The summed E-state index contributed by atoms with van der Waals surface area (Å²) >= 11 is 0. The molecule has 0 fully saturated rings. The summed E-state index contributed by atoms with van der Waals surface area (Å²) in [5.41, 5.74) is 10.4. The molecule has 2 aromatic heterocycles. The number of hydrogen-bond acceptors (Lipinski definition) is 6. The fraction of sp³-hybridized carbons (Fsp3) is 0.109. The molecular weight excluding hydrogens is 641 g/mol. The van der Waals surface area contributed by atoms with E-state index in [1.807, 2.05) is 91.0 Å². The van der Waals surface area contributed by atoms with Crippen molar-refractivity contribution < 1.29 is 9.53 Å². The van der Waals surface area contributed by atoms with Gasteiger partial charge in [0.25, 0.3) is 0 Å². The lowest BCUT2D eigenvalue weighted by atomic mass is 9.61. The van der Waals surface area contributed by atoms with Crippen molar-refractivity contribution in [3.63, 3.8) is 0 Å². The molecule has 0 aliphatic heterocycles. The SMILES string of the molecule is O=C(CC1(CC2(Cc3ccccc3)c3ccccc3-c3nc4ccccc4nc32)c2ccccc2-c2nc3ccccc3nc21)Oc1ccccc1. The molecule has 0 saturated carbocycles. The molecule has 0 radical (unpaired) electrons. The van der Waals surface area contributed by atoms with Crippen LogP contribution in [-0.4, -0.2) is 25.9 Å². The number of para-hydroxylation sites is 5. The van der Waals surface area contributed by atoms with Crippen molar-refractivity contribution in [1.29, 1.82) is 0 Å². The largest absolute Gasteiger partial charge is 0.426 e. The molecular formula is C46H32N4O2. The zero-order valence-electron chi connectivity index (χ0n) is 28.2. The van der Waals surface area contributed by atoms with Crippen molar-refractivity contribution in [2.75, 3.05) is 0 Å². The maximum absolute atomic E-state index is 14.5. The molecule has 0 bridgehead atoms. The van der Waals surface area contributed by atoms with Gasteiger partial charge in [0.1, 0.15) is 5.75 Å². The van der Waals surface area contributed by atoms with Crippen molar-refractivity contribution in [3.8, 4) is 28.3 Å². The molecule has 6 heteroatoms. The first-order valence-corrected chi connectivity index (χ1v) is 17.7. The number of esters is 1.